The number of unbranched alkanes of at least 4 members (excludes halogenated alkanes) is 1. The summed E-state index contributed by atoms with van der Waals surface area (Å²) in [6, 6.07) is 17.0. The van der Waals surface area contributed by atoms with E-state index in [1.807, 2.05) is 31.2 Å². The predicted molar refractivity (Wildman–Crippen MR) is 156 cm³/mol. The Bertz CT molecular complexity index is 1400. The molecule has 0 aliphatic carbocycles. The van der Waals surface area contributed by atoms with E-state index in [9.17, 15) is 22.4 Å². The predicted octanol–water partition coefficient (Wildman–Crippen LogP) is 5.13. The third kappa shape index (κ3) is 8.04. The lowest BCUT2D eigenvalue weighted by molar-refractivity contribution is -0.139. The molecule has 3 aromatic rings. The fourth-order valence-electron chi connectivity index (χ4n) is 3.96. The van der Waals surface area contributed by atoms with Crippen molar-refractivity contribution in [1.82, 2.24) is 10.2 Å². The summed E-state index contributed by atoms with van der Waals surface area (Å²) in [4.78, 5) is 28.1. The maximum atomic E-state index is 13.9. The second kappa shape index (κ2) is 14.3. The first-order valence-electron chi connectivity index (χ1n) is 12.8. The Morgan fingerprint density at radius 2 is 1.73 bits per heavy atom. The van der Waals surface area contributed by atoms with Crippen LogP contribution in [-0.2, 0) is 26.2 Å². The highest BCUT2D eigenvalue weighted by Gasteiger charge is 2.32. The van der Waals surface area contributed by atoms with Crippen molar-refractivity contribution in [2.24, 2.45) is 0 Å². The molecule has 3 aromatic carbocycles. The zero-order valence-corrected chi connectivity index (χ0v) is 25.0. The summed E-state index contributed by atoms with van der Waals surface area (Å²) in [5.41, 5.74) is 0.857. The van der Waals surface area contributed by atoms with Gasteiger partial charge in [-0.15, -0.1) is 0 Å². The lowest BCUT2D eigenvalue weighted by atomic mass is 10.1. The van der Waals surface area contributed by atoms with E-state index >= 15 is 0 Å². The topological polar surface area (TPSA) is 96.0 Å². The highest BCUT2D eigenvalue weighted by molar-refractivity contribution is 9.10. The van der Waals surface area contributed by atoms with Crippen LogP contribution in [-0.4, -0.2) is 51.4 Å². The van der Waals surface area contributed by atoms with Crippen LogP contribution in [0.2, 0.25) is 0 Å². The maximum Gasteiger partial charge on any atom is 0.264 e. The van der Waals surface area contributed by atoms with E-state index in [2.05, 4.69) is 21.2 Å². The average molecular weight is 635 g/mol. The van der Waals surface area contributed by atoms with Crippen molar-refractivity contribution in [3.8, 4) is 5.75 Å². The molecule has 0 fully saturated rings. The zero-order chi connectivity index (χ0) is 29.3. The van der Waals surface area contributed by atoms with E-state index in [0.29, 0.717) is 12.3 Å². The molecule has 0 bridgehead atoms. The molecule has 0 aromatic heterocycles. The quantitative estimate of drug-likeness (QED) is 0.263. The number of ether oxygens (including phenoxy) is 1. The van der Waals surface area contributed by atoms with E-state index in [1.165, 1.54) is 48.4 Å². The highest BCUT2D eigenvalue weighted by Crippen LogP contribution is 2.26. The summed E-state index contributed by atoms with van der Waals surface area (Å²) < 4.78 is 48.2. The standard InChI is InChI=1S/C29H33BrFN3O5S/c1-4-5-17-32-29(36)21(2)33(19-22-7-6-8-23(30)18-22)28(35)20-34(25-11-9-24(31)10-12-25)40(37,38)27-15-13-26(39-3)14-16-27/h6-16,18,21H,4-5,17,19-20H2,1-3H3,(H,32,36)/t21-/m0/s1. The van der Waals surface area contributed by atoms with Crippen molar-refractivity contribution in [2.45, 2.75) is 44.2 Å². The summed E-state index contributed by atoms with van der Waals surface area (Å²) in [5.74, 6) is -1.03. The summed E-state index contributed by atoms with van der Waals surface area (Å²) in [5, 5.41) is 2.85. The van der Waals surface area contributed by atoms with Crippen LogP contribution in [0.1, 0.15) is 32.3 Å². The molecule has 1 N–H and O–H groups in total. The largest absolute Gasteiger partial charge is 0.497 e. The summed E-state index contributed by atoms with van der Waals surface area (Å²) in [6.07, 6.45) is 1.68. The SMILES string of the molecule is CCCCNC(=O)[C@H](C)N(Cc1cccc(Br)c1)C(=O)CN(c1ccc(F)cc1)S(=O)(=O)c1ccc(OC)cc1. The number of hydrogen-bond donors (Lipinski definition) is 1. The van der Waals surface area contributed by atoms with Gasteiger partial charge in [0.05, 0.1) is 17.7 Å². The van der Waals surface area contributed by atoms with Gasteiger partial charge in [0.25, 0.3) is 10.0 Å². The molecule has 0 aliphatic heterocycles. The van der Waals surface area contributed by atoms with Crippen LogP contribution in [0.25, 0.3) is 0 Å². The number of nitrogens with zero attached hydrogens (tertiary/aromatic N) is 2. The van der Waals surface area contributed by atoms with Crippen molar-refractivity contribution in [2.75, 3.05) is 24.5 Å². The molecule has 214 valence electrons. The van der Waals surface area contributed by atoms with Gasteiger partial charge in [-0.25, -0.2) is 12.8 Å². The Hall–Kier alpha value is -3.44. The molecule has 0 aliphatic rings. The molecular weight excluding hydrogens is 601 g/mol. The molecule has 0 spiro atoms. The van der Waals surface area contributed by atoms with Gasteiger partial charge in [-0.2, -0.15) is 0 Å². The molecule has 0 unspecified atom stereocenters. The highest BCUT2D eigenvalue weighted by atomic mass is 79.9. The van der Waals surface area contributed by atoms with Gasteiger partial charge in [-0.1, -0.05) is 41.4 Å². The number of amides is 2. The summed E-state index contributed by atoms with van der Waals surface area (Å²) in [6.45, 7) is 3.54. The third-order valence-electron chi connectivity index (χ3n) is 6.28. The molecule has 1 atom stereocenters. The van der Waals surface area contributed by atoms with Gasteiger partial charge in [0.2, 0.25) is 11.8 Å². The zero-order valence-electron chi connectivity index (χ0n) is 22.6. The third-order valence-corrected chi connectivity index (χ3v) is 8.56. The Morgan fingerprint density at radius 1 is 1.05 bits per heavy atom. The summed E-state index contributed by atoms with van der Waals surface area (Å²) >= 11 is 3.43. The second-order valence-corrected chi connectivity index (χ2v) is 11.9. The number of rotatable bonds is 13. The molecule has 0 saturated heterocycles. The second-order valence-electron chi connectivity index (χ2n) is 9.14. The van der Waals surface area contributed by atoms with E-state index < -0.39 is 34.3 Å². The van der Waals surface area contributed by atoms with Crippen LogP contribution in [0.3, 0.4) is 0 Å². The van der Waals surface area contributed by atoms with Gasteiger partial charge >= 0.3 is 0 Å². The first-order chi connectivity index (χ1) is 19.1. The number of carbonyl (C=O) groups is 2. The summed E-state index contributed by atoms with van der Waals surface area (Å²) in [7, 11) is -2.80. The number of nitrogens with one attached hydrogen (secondary N) is 1. The fourth-order valence-corrected chi connectivity index (χ4v) is 5.82. The van der Waals surface area contributed by atoms with Crippen molar-refractivity contribution < 1.29 is 27.1 Å². The molecule has 0 heterocycles. The number of methoxy groups -OCH3 is 1. The van der Waals surface area contributed by atoms with Crippen LogP contribution in [0, 0.1) is 5.82 Å². The molecule has 0 radical (unpaired) electrons. The van der Waals surface area contributed by atoms with Crippen molar-refractivity contribution in [3.63, 3.8) is 0 Å². The normalized spacial score (nSPS) is 11.9. The average Bonchev–Trinajstić information content (AvgIpc) is 2.94. The van der Waals surface area contributed by atoms with Gasteiger partial charge in [-0.3, -0.25) is 13.9 Å². The van der Waals surface area contributed by atoms with Crippen molar-refractivity contribution >= 4 is 43.5 Å². The molecule has 40 heavy (non-hydrogen) atoms. The number of benzene rings is 3. The van der Waals surface area contributed by atoms with Crippen LogP contribution < -0.4 is 14.4 Å². The molecule has 0 saturated carbocycles. The first kappa shape index (κ1) is 31.1. The minimum atomic E-state index is -4.26. The molecule has 3 rings (SSSR count). The van der Waals surface area contributed by atoms with Gasteiger partial charge in [0.15, 0.2) is 0 Å². The fraction of sp³-hybridized carbons (Fsp3) is 0.310. The molecule has 11 heteroatoms. The Kier molecular flexibility index (Phi) is 11.1. The first-order valence-corrected chi connectivity index (χ1v) is 15.0. The minimum absolute atomic E-state index is 0.0699. The number of anilines is 1. The monoisotopic (exact) mass is 633 g/mol. The van der Waals surface area contributed by atoms with Crippen LogP contribution in [0.15, 0.2) is 82.2 Å². The van der Waals surface area contributed by atoms with Gasteiger partial charge in [-0.05, 0) is 79.6 Å². The van der Waals surface area contributed by atoms with E-state index in [4.69, 9.17) is 4.74 Å². The van der Waals surface area contributed by atoms with Crippen LogP contribution >= 0.6 is 15.9 Å². The molecular formula is C29H33BrFN3O5S. The van der Waals surface area contributed by atoms with E-state index in [1.54, 1.807) is 6.92 Å². The van der Waals surface area contributed by atoms with Crippen molar-refractivity contribution in [3.05, 3.63) is 88.6 Å². The van der Waals surface area contributed by atoms with E-state index in [-0.39, 0.29) is 23.0 Å². The number of halogens is 2. The van der Waals surface area contributed by atoms with Crippen molar-refractivity contribution in [1.29, 1.82) is 0 Å². The Morgan fingerprint density at radius 3 is 2.33 bits per heavy atom. The number of sulfonamides is 1. The number of hydrogen-bond acceptors (Lipinski definition) is 5. The van der Waals surface area contributed by atoms with E-state index in [0.717, 1.165) is 39.3 Å². The lowest BCUT2D eigenvalue weighted by Gasteiger charge is -2.32. The van der Waals surface area contributed by atoms with Crippen LogP contribution in [0.5, 0.6) is 5.75 Å². The number of carbonyl (C=O) groups excluding carboxylic acids is 2. The maximum absolute atomic E-state index is 13.9. The van der Waals surface area contributed by atoms with Gasteiger partial charge < -0.3 is 15.0 Å². The Labute approximate surface area is 243 Å². The smallest absolute Gasteiger partial charge is 0.264 e. The van der Waals surface area contributed by atoms with Gasteiger partial charge in [0, 0.05) is 17.6 Å². The molecule has 2 amide bonds. The minimum Gasteiger partial charge on any atom is -0.497 e. The lowest BCUT2D eigenvalue weighted by Crippen LogP contribution is -2.51. The Balaban J connectivity index is 2.00. The van der Waals surface area contributed by atoms with Gasteiger partial charge in [0.1, 0.15) is 24.2 Å². The molecule has 8 nitrogen and oxygen atoms in total. The van der Waals surface area contributed by atoms with Crippen LogP contribution in [0.4, 0.5) is 10.1 Å².